The molecule has 4 aromatic rings. The van der Waals surface area contributed by atoms with Crippen molar-refractivity contribution in [2.75, 3.05) is 58.5 Å². The molecule has 1 N–H and O–H groups in total. The number of aromatic nitrogens is 3. The predicted octanol–water partition coefficient (Wildman–Crippen LogP) is 5.64. The van der Waals surface area contributed by atoms with Gasteiger partial charge < -0.3 is 24.2 Å². The van der Waals surface area contributed by atoms with E-state index in [0.717, 1.165) is 19.3 Å². The quantitative estimate of drug-likeness (QED) is 0.267. The van der Waals surface area contributed by atoms with Gasteiger partial charge in [0.2, 0.25) is 5.88 Å². The van der Waals surface area contributed by atoms with Gasteiger partial charge in [-0.1, -0.05) is 18.4 Å². The molecule has 0 unspecified atom stereocenters. The Bertz CT molecular complexity index is 1890. The van der Waals surface area contributed by atoms with Crippen molar-refractivity contribution in [1.29, 1.82) is 0 Å². The van der Waals surface area contributed by atoms with Crippen LogP contribution in [0.4, 0.5) is 19.0 Å². The van der Waals surface area contributed by atoms with Gasteiger partial charge in [-0.2, -0.15) is 9.97 Å². The van der Waals surface area contributed by atoms with Crippen molar-refractivity contribution in [3.63, 3.8) is 0 Å². The number of pyridine rings is 1. The minimum absolute atomic E-state index is 0.0295. The molecule has 1 saturated carbocycles. The van der Waals surface area contributed by atoms with Gasteiger partial charge in [0.25, 0.3) is 0 Å². The fourth-order valence-electron chi connectivity index (χ4n) is 7.86. The molecule has 2 saturated heterocycles. The monoisotopic (exact) mass is 647 g/mol. The van der Waals surface area contributed by atoms with Crippen LogP contribution in [-0.4, -0.2) is 90.8 Å². The second-order valence-electron chi connectivity index (χ2n) is 12.7. The molecule has 3 aliphatic rings. The molecule has 4 heterocycles. The van der Waals surface area contributed by atoms with E-state index in [-0.39, 0.29) is 63.4 Å². The second kappa shape index (κ2) is 12.4. The van der Waals surface area contributed by atoms with Gasteiger partial charge >= 0.3 is 6.01 Å². The number of fused-ring (bicyclic) bond motifs is 3. The Hall–Kier alpha value is -4.34. The van der Waals surface area contributed by atoms with Crippen LogP contribution >= 0.6 is 0 Å². The number of terminal acetylenes is 1. The van der Waals surface area contributed by atoms with Crippen molar-refractivity contribution in [2.24, 2.45) is 5.41 Å². The summed E-state index contributed by atoms with van der Waals surface area (Å²) in [6, 6.07) is 5.47. The fraction of sp³-hybridized carbons (Fsp3) is 0.457. The Kier molecular flexibility index (Phi) is 8.22. The summed E-state index contributed by atoms with van der Waals surface area (Å²) in [7, 11) is 3.35. The topological polar surface area (TPSA) is 93.1 Å². The van der Waals surface area contributed by atoms with E-state index in [4.69, 9.17) is 25.6 Å². The van der Waals surface area contributed by atoms with Crippen LogP contribution in [0, 0.1) is 29.4 Å². The SMILES string of the molecule is C#Cc1c(F)ccc2cc(O)cc(-c3nc(OC)c4c(N5CCCOCC5)nc(OC[C@]56CCC[C@H]5N(C)C[C@@H](F)C6)nc4c3F)c12. The lowest BCUT2D eigenvalue weighted by Crippen LogP contribution is -2.54. The number of anilines is 1. The van der Waals surface area contributed by atoms with Gasteiger partial charge in [0.15, 0.2) is 5.82 Å². The highest BCUT2D eigenvalue weighted by molar-refractivity contribution is 6.04. The summed E-state index contributed by atoms with van der Waals surface area (Å²) in [6.07, 6.45) is 8.52. The van der Waals surface area contributed by atoms with Crippen molar-refractivity contribution in [2.45, 2.75) is 44.3 Å². The maximum atomic E-state index is 17.0. The summed E-state index contributed by atoms with van der Waals surface area (Å²) >= 11 is 0. The van der Waals surface area contributed by atoms with E-state index < -0.39 is 23.2 Å². The third kappa shape index (κ3) is 5.45. The number of hydrogen-bond donors (Lipinski definition) is 1. The first kappa shape index (κ1) is 31.3. The van der Waals surface area contributed by atoms with Crippen molar-refractivity contribution < 1.29 is 32.5 Å². The molecule has 0 amide bonds. The zero-order chi connectivity index (χ0) is 32.9. The fourth-order valence-corrected chi connectivity index (χ4v) is 7.86. The molecule has 2 aliphatic heterocycles. The highest BCUT2D eigenvalue weighted by Gasteiger charge is 2.50. The summed E-state index contributed by atoms with van der Waals surface area (Å²) in [5, 5.41) is 11.4. The van der Waals surface area contributed by atoms with Crippen LogP contribution in [-0.2, 0) is 4.74 Å². The molecule has 2 aromatic heterocycles. The molecule has 0 radical (unpaired) electrons. The van der Waals surface area contributed by atoms with Crippen LogP contribution in [0.2, 0.25) is 0 Å². The van der Waals surface area contributed by atoms with Crippen LogP contribution in [0.5, 0.6) is 17.6 Å². The summed E-state index contributed by atoms with van der Waals surface area (Å²) in [5.74, 6) is 1.05. The van der Waals surface area contributed by atoms with Crippen LogP contribution in [0.25, 0.3) is 32.9 Å². The molecule has 0 bridgehead atoms. The standard InChI is InChI=1S/C35H36F3N5O4/c1-4-23-25(37)9-8-20-15-22(44)16-24(27(20)23)30-29(38)31-28(33(39-30)45-3)32(43-11-6-13-46-14-12-43)41-34(40-31)47-19-35-10-5-7-26(35)42(2)18-21(36)17-35/h1,8-9,15-16,21,26,44H,5-7,10-14,17-19H2,2-3H3/t21-,26+,35+/m0/s1. The molecule has 246 valence electrons. The first-order valence-electron chi connectivity index (χ1n) is 15.9. The lowest BCUT2D eigenvalue weighted by molar-refractivity contribution is -0.0244. The Balaban J connectivity index is 1.42. The van der Waals surface area contributed by atoms with Crippen molar-refractivity contribution in [1.82, 2.24) is 19.9 Å². The molecule has 3 fully saturated rings. The molecule has 2 aromatic carbocycles. The van der Waals surface area contributed by atoms with E-state index in [0.29, 0.717) is 56.9 Å². The number of phenols is 1. The highest BCUT2D eigenvalue weighted by atomic mass is 19.1. The number of piperidine rings is 1. The average Bonchev–Trinajstić information content (AvgIpc) is 3.29. The summed E-state index contributed by atoms with van der Waals surface area (Å²) in [4.78, 5) is 17.9. The predicted molar refractivity (Wildman–Crippen MR) is 172 cm³/mol. The Labute approximate surface area is 270 Å². The zero-order valence-corrected chi connectivity index (χ0v) is 26.4. The number of nitrogens with zero attached hydrogens (tertiary/aromatic N) is 5. The van der Waals surface area contributed by atoms with Gasteiger partial charge in [0, 0.05) is 48.6 Å². The van der Waals surface area contributed by atoms with E-state index in [1.165, 1.54) is 31.4 Å². The highest BCUT2D eigenvalue weighted by Crippen LogP contribution is 2.48. The minimum atomic E-state index is -0.978. The second-order valence-corrected chi connectivity index (χ2v) is 12.7. The number of alkyl halides is 1. The largest absolute Gasteiger partial charge is 0.508 e. The lowest BCUT2D eigenvalue weighted by Gasteiger charge is -2.45. The van der Waals surface area contributed by atoms with Gasteiger partial charge in [-0.05, 0) is 56.3 Å². The van der Waals surface area contributed by atoms with Crippen molar-refractivity contribution in [3.8, 4) is 41.2 Å². The van der Waals surface area contributed by atoms with Gasteiger partial charge in [0.1, 0.15) is 40.2 Å². The van der Waals surface area contributed by atoms with E-state index in [1.807, 2.05) is 11.9 Å². The van der Waals surface area contributed by atoms with Gasteiger partial charge in [-0.15, -0.1) is 6.42 Å². The first-order chi connectivity index (χ1) is 22.7. The van der Waals surface area contributed by atoms with Crippen LogP contribution in [0.1, 0.15) is 37.7 Å². The average molecular weight is 648 g/mol. The number of halogens is 3. The zero-order valence-electron chi connectivity index (χ0n) is 26.4. The number of rotatable bonds is 6. The summed E-state index contributed by atoms with van der Waals surface area (Å²) in [5.41, 5.74) is -0.809. The number of hydrogen-bond acceptors (Lipinski definition) is 9. The number of methoxy groups -OCH3 is 1. The van der Waals surface area contributed by atoms with E-state index in [1.54, 1.807) is 0 Å². The van der Waals surface area contributed by atoms with Gasteiger partial charge in [0.05, 0.1) is 25.9 Å². The molecule has 1 aliphatic carbocycles. The maximum absolute atomic E-state index is 17.0. The smallest absolute Gasteiger partial charge is 0.319 e. The van der Waals surface area contributed by atoms with E-state index in [9.17, 15) is 13.9 Å². The van der Waals surface area contributed by atoms with Crippen LogP contribution in [0.3, 0.4) is 0 Å². The number of likely N-dealkylation sites (tertiary alicyclic amines) is 1. The molecule has 7 rings (SSSR count). The molecular weight excluding hydrogens is 611 g/mol. The van der Waals surface area contributed by atoms with Crippen molar-refractivity contribution >= 4 is 27.5 Å². The third-order valence-corrected chi connectivity index (χ3v) is 9.87. The summed E-state index contributed by atoms with van der Waals surface area (Å²) in [6.45, 7) is 2.60. The minimum Gasteiger partial charge on any atom is -0.508 e. The number of benzene rings is 2. The summed E-state index contributed by atoms with van der Waals surface area (Å²) < 4.78 is 64.5. The Morgan fingerprint density at radius 2 is 1.98 bits per heavy atom. The number of ether oxygens (including phenoxy) is 3. The Morgan fingerprint density at radius 1 is 1.13 bits per heavy atom. The van der Waals surface area contributed by atoms with Crippen LogP contribution in [0.15, 0.2) is 24.3 Å². The third-order valence-electron chi connectivity index (χ3n) is 9.87. The maximum Gasteiger partial charge on any atom is 0.319 e. The number of phenolic OH excluding ortho intramolecular Hbond substituents is 1. The molecule has 0 spiro atoms. The normalized spacial score (nSPS) is 23.4. The van der Waals surface area contributed by atoms with E-state index >= 15 is 4.39 Å². The van der Waals surface area contributed by atoms with Gasteiger partial charge in [-0.3, -0.25) is 4.90 Å². The molecular formula is C35H36F3N5O4. The lowest BCUT2D eigenvalue weighted by atomic mass is 9.75. The number of aromatic hydroxyl groups is 1. The molecule has 12 heteroatoms. The van der Waals surface area contributed by atoms with Gasteiger partial charge in [-0.25, -0.2) is 18.2 Å². The van der Waals surface area contributed by atoms with E-state index in [2.05, 4.69) is 20.8 Å². The first-order valence-corrected chi connectivity index (χ1v) is 15.9. The van der Waals surface area contributed by atoms with Crippen molar-refractivity contribution in [3.05, 3.63) is 41.5 Å². The Morgan fingerprint density at radius 3 is 2.79 bits per heavy atom. The molecule has 3 atom stereocenters. The molecule has 9 nitrogen and oxygen atoms in total. The molecule has 47 heavy (non-hydrogen) atoms. The van der Waals surface area contributed by atoms with Crippen LogP contribution < -0.4 is 14.4 Å².